The molecule has 0 aliphatic heterocycles. The van der Waals surface area contributed by atoms with Gasteiger partial charge < -0.3 is 10.5 Å². The van der Waals surface area contributed by atoms with Crippen LogP contribution in [0.15, 0.2) is 24.3 Å². The van der Waals surface area contributed by atoms with Crippen LogP contribution in [0.4, 0.5) is 0 Å². The van der Waals surface area contributed by atoms with E-state index in [1.54, 1.807) is 18.2 Å². The van der Waals surface area contributed by atoms with Gasteiger partial charge in [-0.25, -0.2) is 0 Å². The van der Waals surface area contributed by atoms with Crippen LogP contribution < -0.4 is 10.5 Å². The van der Waals surface area contributed by atoms with Gasteiger partial charge in [0, 0.05) is 5.88 Å². The molecule has 0 fully saturated rings. The summed E-state index contributed by atoms with van der Waals surface area (Å²) in [6, 6.07) is 6.95. The van der Waals surface area contributed by atoms with Crippen molar-refractivity contribution in [3.63, 3.8) is 0 Å². The lowest BCUT2D eigenvalue weighted by atomic mass is 10.2. The Balaban J connectivity index is 2.56. The summed E-state index contributed by atoms with van der Waals surface area (Å²) in [5.41, 5.74) is 5.62. The van der Waals surface area contributed by atoms with Crippen LogP contribution in [0.5, 0.6) is 5.75 Å². The first-order valence-corrected chi connectivity index (χ1v) is 5.36. The first-order chi connectivity index (χ1) is 7.25. The number of ether oxygens (including phenoxy) is 1. The molecule has 1 amide bonds. The molecule has 1 aromatic carbocycles. The van der Waals surface area contributed by atoms with Crippen molar-refractivity contribution in [2.75, 3.05) is 12.5 Å². The van der Waals surface area contributed by atoms with Gasteiger partial charge in [-0.05, 0) is 25.0 Å². The highest BCUT2D eigenvalue weighted by Crippen LogP contribution is 2.17. The van der Waals surface area contributed by atoms with E-state index in [9.17, 15) is 4.79 Å². The highest BCUT2D eigenvalue weighted by atomic mass is 35.5. The van der Waals surface area contributed by atoms with Crippen molar-refractivity contribution in [3.8, 4) is 5.75 Å². The third-order valence-corrected chi connectivity index (χ3v) is 2.21. The van der Waals surface area contributed by atoms with Crippen LogP contribution in [0.1, 0.15) is 23.2 Å². The van der Waals surface area contributed by atoms with Gasteiger partial charge in [0.25, 0.3) is 5.91 Å². The number of para-hydroxylation sites is 1. The SMILES string of the molecule is NC(=O)c1ccccc1OCCCCCl. The molecule has 0 aromatic heterocycles. The second-order valence-corrected chi connectivity index (χ2v) is 3.48. The molecular weight excluding hydrogens is 214 g/mol. The predicted molar refractivity (Wildman–Crippen MR) is 60.4 cm³/mol. The van der Waals surface area contributed by atoms with Gasteiger partial charge in [0.2, 0.25) is 0 Å². The summed E-state index contributed by atoms with van der Waals surface area (Å²) in [4.78, 5) is 11.0. The molecule has 0 unspecified atom stereocenters. The van der Waals surface area contributed by atoms with Crippen LogP contribution in [0.3, 0.4) is 0 Å². The second-order valence-electron chi connectivity index (χ2n) is 3.10. The smallest absolute Gasteiger partial charge is 0.252 e. The molecule has 0 spiro atoms. The van der Waals surface area contributed by atoms with E-state index in [2.05, 4.69) is 0 Å². The summed E-state index contributed by atoms with van der Waals surface area (Å²) >= 11 is 5.54. The monoisotopic (exact) mass is 227 g/mol. The largest absolute Gasteiger partial charge is 0.493 e. The number of nitrogens with two attached hydrogens (primary N) is 1. The number of carbonyl (C=O) groups excluding carboxylic acids is 1. The standard InChI is InChI=1S/C11H14ClNO2/c12-7-3-4-8-15-10-6-2-1-5-9(10)11(13)14/h1-2,5-6H,3-4,7-8H2,(H2,13,14). The van der Waals surface area contributed by atoms with Crippen molar-refractivity contribution in [1.82, 2.24) is 0 Å². The number of alkyl halides is 1. The lowest BCUT2D eigenvalue weighted by Crippen LogP contribution is -2.13. The Morgan fingerprint density at radius 3 is 2.73 bits per heavy atom. The van der Waals surface area contributed by atoms with Gasteiger partial charge >= 0.3 is 0 Å². The van der Waals surface area contributed by atoms with E-state index in [0.29, 0.717) is 23.8 Å². The molecule has 0 aliphatic carbocycles. The number of carbonyl (C=O) groups is 1. The summed E-state index contributed by atoms with van der Waals surface area (Å²) in [7, 11) is 0. The molecule has 3 nitrogen and oxygen atoms in total. The lowest BCUT2D eigenvalue weighted by molar-refractivity contribution is 0.0996. The molecule has 0 radical (unpaired) electrons. The fourth-order valence-corrected chi connectivity index (χ4v) is 1.36. The summed E-state index contributed by atoms with van der Waals surface area (Å²) in [6.45, 7) is 0.553. The number of hydrogen-bond acceptors (Lipinski definition) is 2. The van der Waals surface area contributed by atoms with Crippen LogP contribution in [0.25, 0.3) is 0 Å². The molecule has 2 N–H and O–H groups in total. The summed E-state index contributed by atoms with van der Waals surface area (Å²) in [6.07, 6.45) is 1.77. The average molecular weight is 228 g/mol. The zero-order valence-electron chi connectivity index (χ0n) is 8.41. The van der Waals surface area contributed by atoms with Crippen LogP contribution in [0.2, 0.25) is 0 Å². The van der Waals surface area contributed by atoms with E-state index in [1.165, 1.54) is 0 Å². The maximum absolute atomic E-state index is 11.0. The number of unbranched alkanes of at least 4 members (excludes halogenated alkanes) is 1. The molecule has 0 bridgehead atoms. The molecule has 15 heavy (non-hydrogen) atoms. The number of hydrogen-bond donors (Lipinski definition) is 1. The van der Waals surface area contributed by atoms with Gasteiger partial charge in [0.15, 0.2) is 0 Å². The first kappa shape index (κ1) is 11.9. The van der Waals surface area contributed by atoms with E-state index < -0.39 is 5.91 Å². The number of rotatable bonds is 6. The molecule has 0 atom stereocenters. The van der Waals surface area contributed by atoms with Gasteiger partial charge in [-0.1, -0.05) is 12.1 Å². The Morgan fingerprint density at radius 1 is 1.33 bits per heavy atom. The van der Waals surface area contributed by atoms with Crippen LogP contribution in [-0.4, -0.2) is 18.4 Å². The maximum Gasteiger partial charge on any atom is 0.252 e. The number of amides is 1. The Kier molecular flexibility index (Phi) is 4.98. The number of halogens is 1. The minimum absolute atomic E-state index is 0.420. The fourth-order valence-electron chi connectivity index (χ4n) is 1.17. The highest BCUT2D eigenvalue weighted by molar-refractivity contribution is 6.17. The lowest BCUT2D eigenvalue weighted by Gasteiger charge is -2.08. The molecular formula is C11H14ClNO2. The molecule has 0 aliphatic rings. The Bertz CT molecular complexity index is 328. The summed E-state index contributed by atoms with van der Waals surface area (Å²) in [5.74, 6) is 0.698. The van der Waals surface area contributed by atoms with Gasteiger partial charge in [0.1, 0.15) is 5.75 Å². The Hall–Kier alpha value is -1.22. The number of primary amides is 1. The molecule has 1 aromatic rings. The predicted octanol–water partition coefficient (Wildman–Crippen LogP) is 2.18. The molecule has 4 heteroatoms. The molecule has 0 heterocycles. The fraction of sp³-hybridized carbons (Fsp3) is 0.364. The Labute approximate surface area is 94.2 Å². The van der Waals surface area contributed by atoms with Crippen molar-refractivity contribution in [2.45, 2.75) is 12.8 Å². The van der Waals surface area contributed by atoms with Gasteiger partial charge in [-0.3, -0.25) is 4.79 Å². The van der Waals surface area contributed by atoms with Gasteiger partial charge in [0.05, 0.1) is 12.2 Å². The van der Waals surface area contributed by atoms with E-state index >= 15 is 0 Å². The maximum atomic E-state index is 11.0. The first-order valence-electron chi connectivity index (χ1n) is 4.83. The third kappa shape index (κ3) is 3.80. The summed E-state index contributed by atoms with van der Waals surface area (Å²) < 4.78 is 5.44. The van der Waals surface area contributed by atoms with Crippen molar-refractivity contribution in [2.24, 2.45) is 5.73 Å². The number of benzene rings is 1. The normalized spacial score (nSPS) is 9.93. The minimum Gasteiger partial charge on any atom is -0.493 e. The highest BCUT2D eigenvalue weighted by Gasteiger charge is 2.07. The van der Waals surface area contributed by atoms with Crippen LogP contribution >= 0.6 is 11.6 Å². The van der Waals surface area contributed by atoms with E-state index in [-0.39, 0.29) is 0 Å². The minimum atomic E-state index is -0.469. The third-order valence-electron chi connectivity index (χ3n) is 1.94. The Morgan fingerprint density at radius 2 is 2.07 bits per heavy atom. The van der Waals surface area contributed by atoms with Gasteiger partial charge in [-0.15, -0.1) is 11.6 Å². The zero-order valence-corrected chi connectivity index (χ0v) is 9.17. The van der Waals surface area contributed by atoms with E-state index in [0.717, 1.165) is 12.8 Å². The molecule has 1 rings (SSSR count). The summed E-state index contributed by atoms with van der Waals surface area (Å²) in [5, 5.41) is 0. The van der Waals surface area contributed by atoms with Crippen LogP contribution in [-0.2, 0) is 0 Å². The molecule has 0 saturated heterocycles. The van der Waals surface area contributed by atoms with Gasteiger partial charge in [-0.2, -0.15) is 0 Å². The van der Waals surface area contributed by atoms with Crippen molar-refractivity contribution in [3.05, 3.63) is 29.8 Å². The van der Waals surface area contributed by atoms with Crippen LogP contribution in [0, 0.1) is 0 Å². The average Bonchev–Trinajstić information content (AvgIpc) is 2.25. The van der Waals surface area contributed by atoms with Crippen molar-refractivity contribution < 1.29 is 9.53 Å². The van der Waals surface area contributed by atoms with Crippen molar-refractivity contribution in [1.29, 1.82) is 0 Å². The molecule has 0 saturated carbocycles. The van der Waals surface area contributed by atoms with Crippen molar-refractivity contribution >= 4 is 17.5 Å². The second kappa shape index (κ2) is 6.30. The topological polar surface area (TPSA) is 52.3 Å². The quantitative estimate of drug-likeness (QED) is 0.598. The molecule has 82 valence electrons. The van der Waals surface area contributed by atoms with E-state index in [1.807, 2.05) is 6.07 Å². The van der Waals surface area contributed by atoms with E-state index in [4.69, 9.17) is 22.1 Å². The zero-order chi connectivity index (χ0) is 11.1.